The van der Waals surface area contributed by atoms with Gasteiger partial charge in [0, 0.05) is 37.6 Å². The minimum absolute atomic E-state index is 0.584. The van der Waals surface area contributed by atoms with Crippen molar-refractivity contribution < 1.29 is 4.74 Å². The van der Waals surface area contributed by atoms with Crippen molar-refractivity contribution in [1.82, 2.24) is 4.57 Å². The number of aromatic nitrogens is 1. The van der Waals surface area contributed by atoms with Crippen LogP contribution in [0.1, 0.15) is 22.5 Å². The van der Waals surface area contributed by atoms with Crippen molar-refractivity contribution in [3.05, 3.63) is 52.8 Å². The third kappa shape index (κ3) is 2.84. The van der Waals surface area contributed by atoms with Crippen LogP contribution in [0.2, 0.25) is 0 Å². The van der Waals surface area contributed by atoms with Crippen molar-refractivity contribution in [1.29, 1.82) is 5.26 Å². The molecule has 0 radical (unpaired) electrons. The summed E-state index contributed by atoms with van der Waals surface area (Å²) in [7, 11) is 3.60. The van der Waals surface area contributed by atoms with Crippen LogP contribution in [0, 0.1) is 18.3 Å². The largest absolute Gasteiger partial charge is 0.381 e. The van der Waals surface area contributed by atoms with E-state index in [-0.39, 0.29) is 0 Å². The lowest BCUT2D eigenvalue weighted by Crippen LogP contribution is -2.04. The number of anilines is 1. The molecule has 0 saturated carbocycles. The first-order valence-electron chi connectivity index (χ1n) is 6.53. The molecule has 0 atom stereocenters. The molecule has 4 heteroatoms. The molecule has 0 spiro atoms. The molecule has 0 aliphatic rings. The van der Waals surface area contributed by atoms with Gasteiger partial charge in [0.05, 0.1) is 6.61 Å². The van der Waals surface area contributed by atoms with E-state index in [0.717, 1.165) is 22.5 Å². The zero-order valence-corrected chi connectivity index (χ0v) is 12.1. The molecular formula is C16H19N3O. The van der Waals surface area contributed by atoms with Crippen molar-refractivity contribution >= 4 is 5.69 Å². The number of rotatable bonds is 5. The number of para-hydroxylation sites is 1. The Balaban J connectivity index is 2.15. The van der Waals surface area contributed by atoms with Crippen molar-refractivity contribution in [2.45, 2.75) is 20.1 Å². The Hall–Kier alpha value is -2.25. The van der Waals surface area contributed by atoms with Crippen LogP contribution in [0.5, 0.6) is 0 Å². The first kappa shape index (κ1) is 14.2. The highest BCUT2D eigenvalue weighted by molar-refractivity contribution is 5.51. The number of nitriles is 1. The SMILES string of the molecule is COCc1ccccc1NCc1cc(C#N)n(C)c1C. The fraction of sp³-hybridized carbons (Fsp3) is 0.312. The average molecular weight is 269 g/mol. The lowest BCUT2D eigenvalue weighted by atomic mass is 10.1. The molecule has 1 aromatic heterocycles. The van der Waals surface area contributed by atoms with Gasteiger partial charge in [-0.25, -0.2) is 0 Å². The van der Waals surface area contributed by atoms with Crippen LogP contribution in [-0.4, -0.2) is 11.7 Å². The van der Waals surface area contributed by atoms with E-state index in [1.807, 2.05) is 48.9 Å². The fourth-order valence-corrected chi connectivity index (χ4v) is 2.21. The molecule has 20 heavy (non-hydrogen) atoms. The smallest absolute Gasteiger partial charge is 0.120 e. The quantitative estimate of drug-likeness (QED) is 0.908. The normalized spacial score (nSPS) is 10.3. The number of ether oxygens (including phenoxy) is 1. The van der Waals surface area contributed by atoms with Crippen LogP contribution in [0.4, 0.5) is 5.69 Å². The van der Waals surface area contributed by atoms with Crippen molar-refractivity contribution in [3.63, 3.8) is 0 Å². The third-order valence-corrected chi connectivity index (χ3v) is 3.54. The lowest BCUT2D eigenvalue weighted by Gasteiger charge is -2.11. The Kier molecular flexibility index (Phi) is 4.44. The van der Waals surface area contributed by atoms with Crippen molar-refractivity contribution in [2.24, 2.45) is 7.05 Å². The molecule has 0 unspecified atom stereocenters. The maximum Gasteiger partial charge on any atom is 0.120 e. The highest BCUT2D eigenvalue weighted by Crippen LogP contribution is 2.19. The summed E-state index contributed by atoms with van der Waals surface area (Å²) in [5.41, 5.74) is 5.12. The number of methoxy groups -OCH3 is 1. The summed E-state index contributed by atoms with van der Waals surface area (Å²) in [5, 5.41) is 12.5. The first-order chi connectivity index (χ1) is 9.67. The van der Waals surface area contributed by atoms with Gasteiger partial charge in [-0.1, -0.05) is 18.2 Å². The van der Waals surface area contributed by atoms with Gasteiger partial charge >= 0.3 is 0 Å². The number of hydrogen-bond acceptors (Lipinski definition) is 3. The zero-order chi connectivity index (χ0) is 14.5. The second-order valence-electron chi connectivity index (χ2n) is 4.75. The molecule has 0 amide bonds. The van der Waals surface area contributed by atoms with Gasteiger partial charge in [-0.05, 0) is 24.6 Å². The summed E-state index contributed by atoms with van der Waals surface area (Å²) in [6.45, 7) is 3.31. The molecule has 4 nitrogen and oxygen atoms in total. The summed E-state index contributed by atoms with van der Waals surface area (Å²) < 4.78 is 7.11. The molecule has 0 saturated heterocycles. The van der Waals surface area contributed by atoms with Gasteiger partial charge in [-0.15, -0.1) is 0 Å². The van der Waals surface area contributed by atoms with E-state index < -0.39 is 0 Å². The fourth-order valence-electron chi connectivity index (χ4n) is 2.21. The van der Waals surface area contributed by atoms with E-state index in [1.54, 1.807) is 7.11 Å². The van der Waals surface area contributed by atoms with E-state index in [9.17, 15) is 0 Å². The van der Waals surface area contributed by atoms with Gasteiger partial charge in [-0.3, -0.25) is 0 Å². The average Bonchev–Trinajstić information content (AvgIpc) is 2.74. The second-order valence-corrected chi connectivity index (χ2v) is 4.75. The van der Waals surface area contributed by atoms with Gasteiger partial charge in [0.1, 0.15) is 11.8 Å². The molecule has 0 fully saturated rings. The number of nitrogens with zero attached hydrogens (tertiary/aromatic N) is 2. The van der Waals surface area contributed by atoms with Crippen molar-refractivity contribution in [2.75, 3.05) is 12.4 Å². The number of benzene rings is 1. The van der Waals surface area contributed by atoms with Gasteiger partial charge in [0.15, 0.2) is 0 Å². The summed E-state index contributed by atoms with van der Waals surface area (Å²) in [4.78, 5) is 0. The summed E-state index contributed by atoms with van der Waals surface area (Å²) >= 11 is 0. The molecule has 0 bridgehead atoms. The number of nitrogens with one attached hydrogen (secondary N) is 1. The van der Waals surface area contributed by atoms with Gasteiger partial charge in [-0.2, -0.15) is 5.26 Å². The summed E-state index contributed by atoms with van der Waals surface area (Å²) in [5.74, 6) is 0. The topological polar surface area (TPSA) is 50.0 Å². The molecule has 2 aromatic rings. The number of hydrogen-bond donors (Lipinski definition) is 1. The lowest BCUT2D eigenvalue weighted by molar-refractivity contribution is 0.185. The Labute approximate surface area is 119 Å². The molecule has 104 valence electrons. The zero-order valence-electron chi connectivity index (χ0n) is 12.1. The van der Waals surface area contributed by atoms with Crippen LogP contribution in [0.25, 0.3) is 0 Å². The molecule has 1 N–H and O–H groups in total. The second kappa shape index (κ2) is 6.27. The minimum atomic E-state index is 0.584. The van der Waals surface area contributed by atoms with Gasteiger partial charge in [0.2, 0.25) is 0 Å². The van der Waals surface area contributed by atoms with E-state index in [2.05, 4.69) is 11.4 Å². The van der Waals surface area contributed by atoms with E-state index in [1.165, 1.54) is 0 Å². The highest BCUT2D eigenvalue weighted by atomic mass is 16.5. The highest BCUT2D eigenvalue weighted by Gasteiger charge is 2.09. The first-order valence-corrected chi connectivity index (χ1v) is 6.53. The Morgan fingerprint density at radius 1 is 1.30 bits per heavy atom. The molecule has 1 heterocycles. The standard InChI is InChI=1S/C16H19N3O/c1-12-14(8-15(9-17)19(12)2)10-18-16-7-5-4-6-13(16)11-20-3/h4-8,18H,10-11H2,1-3H3. The van der Waals surface area contributed by atoms with Crippen LogP contribution >= 0.6 is 0 Å². The molecule has 0 aliphatic heterocycles. The third-order valence-electron chi connectivity index (χ3n) is 3.54. The van der Waals surface area contributed by atoms with E-state index in [0.29, 0.717) is 18.8 Å². The molecule has 1 aromatic carbocycles. The molecular weight excluding hydrogens is 250 g/mol. The van der Waals surface area contributed by atoms with E-state index >= 15 is 0 Å². The van der Waals surface area contributed by atoms with Gasteiger partial charge in [0.25, 0.3) is 0 Å². The predicted molar refractivity (Wildman–Crippen MR) is 79.3 cm³/mol. The summed E-state index contributed by atoms with van der Waals surface area (Å²) in [6, 6.07) is 12.2. The Morgan fingerprint density at radius 3 is 2.70 bits per heavy atom. The Bertz CT molecular complexity index is 638. The maximum absolute atomic E-state index is 9.05. The summed E-state index contributed by atoms with van der Waals surface area (Å²) in [6.07, 6.45) is 0. The van der Waals surface area contributed by atoms with Gasteiger partial charge < -0.3 is 14.6 Å². The monoisotopic (exact) mass is 269 g/mol. The van der Waals surface area contributed by atoms with Crippen LogP contribution in [0.15, 0.2) is 30.3 Å². The predicted octanol–water partition coefficient (Wildman–Crippen LogP) is 2.96. The Morgan fingerprint density at radius 2 is 2.05 bits per heavy atom. The van der Waals surface area contributed by atoms with Crippen LogP contribution in [0.3, 0.4) is 0 Å². The van der Waals surface area contributed by atoms with E-state index in [4.69, 9.17) is 10.00 Å². The molecule has 2 rings (SSSR count). The van der Waals surface area contributed by atoms with Crippen LogP contribution in [-0.2, 0) is 24.9 Å². The minimum Gasteiger partial charge on any atom is -0.381 e. The van der Waals surface area contributed by atoms with Crippen LogP contribution < -0.4 is 5.32 Å². The molecule has 0 aliphatic carbocycles. The maximum atomic E-state index is 9.05. The van der Waals surface area contributed by atoms with Crippen molar-refractivity contribution in [3.8, 4) is 6.07 Å².